The first-order valence-electron chi connectivity index (χ1n) is 40.7. The summed E-state index contributed by atoms with van der Waals surface area (Å²) in [5, 5.41) is 0. The summed E-state index contributed by atoms with van der Waals surface area (Å²) in [5.74, 6) is 0. The second-order valence-corrected chi connectivity index (χ2v) is 41.7. The Balaban J connectivity index is 1.18. The fourth-order valence-electron chi connectivity index (χ4n) is 15.9. The third kappa shape index (κ3) is 15.0. The zero-order chi connectivity index (χ0) is 81.4. The third-order valence-electron chi connectivity index (χ3n) is 23.9. The lowest BCUT2D eigenvalue weighted by atomic mass is 9.77. The van der Waals surface area contributed by atoms with Crippen LogP contribution in [0.4, 0.5) is 0 Å². The highest BCUT2D eigenvalue weighted by atomic mass is 16.7. The first-order chi connectivity index (χ1) is 52.4. The van der Waals surface area contributed by atoms with E-state index in [0.717, 1.165) is 151 Å². The molecule has 11 heterocycles. The first kappa shape index (κ1) is 78.3. The number of hydrogen-bond acceptors (Lipinski definition) is 6. The molecular weight excluding hydrogens is 1380 g/mol. The van der Waals surface area contributed by atoms with Gasteiger partial charge in [0.2, 0.25) is 0 Å². The second kappa shape index (κ2) is 26.8. The Bertz CT molecular complexity index is 5790. The van der Waals surface area contributed by atoms with E-state index in [1.807, 2.05) is 0 Å². The molecule has 0 aliphatic carbocycles. The predicted molar refractivity (Wildman–Crippen MR) is 484 cm³/mol. The standard InChI is InChI=1S/C102H117BN8O2/c1-93(2,3)62-45-58(46-63(53-62)94(4,5)6)86-72-31-29-70(104-72)57-71-30-32-73(105-71)87(59-47-64(95(7,8)9)54-65(48-59)96(10,11)12)75-34-38-81(107-75)90(80-37-33-74(86)106-80)91-82-39-35-76(108-82)88(60-49-66(97(13,14)15)55-67(50-60)98(16,17)18)78-41-43-84(110-78)92(103-112-101(25,26)102(27,28)113-103)85-44-42-79(111-85)89(77-36-40-83(91)109-77)61-51-68(99(19,20)21)56-69(52-61)100(22,23)24/h29-57,104,107-108,111H,1-28H3. The molecule has 0 saturated carbocycles. The molecule has 4 aromatic carbocycles. The van der Waals surface area contributed by atoms with Gasteiger partial charge >= 0.3 is 7.12 Å². The molecule has 11 heteroatoms. The number of nitrogens with zero attached hydrogens (tertiary/aromatic N) is 4. The number of aromatic amines is 4. The maximum atomic E-state index is 7.14. The summed E-state index contributed by atoms with van der Waals surface area (Å²) in [5.41, 5.74) is 31.3. The van der Waals surface area contributed by atoms with Crippen LogP contribution in [0.15, 0.2) is 127 Å². The van der Waals surface area contributed by atoms with Crippen LogP contribution in [0.2, 0.25) is 0 Å². The second-order valence-electron chi connectivity index (χ2n) is 41.7. The number of fused-ring (bicyclic) bond motifs is 16. The van der Waals surface area contributed by atoms with E-state index in [-0.39, 0.29) is 43.3 Å². The van der Waals surface area contributed by atoms with Gasteiger partial charge in [0.05, 0.1) is 56.8 Å². The zero-order valence-corrected chi connectivity index (χ0v) is 72.4. The van der Waals surface area contributed by atoms with Gasteiger partial charge in [-0.3, -0.25) is 0 Å². The Morgan fingerprint density at radius 1 is 0.248 bits per heavy atom. The van der Waals surface area contributed by atoms with E-state index in [1.165, 1.54) is 44.5 Å². The summed E-state index contributed by atoms with van der Waals surface area (Å²) in [7, 11) is -0.778. The summed E-state index contributed by atoms with van der Waals surface area (Å²) < 4.78 is 14.3. The molecule has 15 rings (SSSR count). The number of benzene rings is 4. The van der Waals surface area contributed by atoms with Crippen molar-refractivity contribution in [3.8, 4) is 55.6 Å². The van der Waals surface area contributed by atoms with Crippen LogP contribution < -0.4 is 5.46 Å². The van der Waals surface area contributed by atoms with Crippen LogP contribution in [0.3, 0.4) is 0 Å². The number of hydrogen-bond donors (Lipinski definition) is 4. The van der Waals surface area contributed by atoms with Crippen molar-refractivity contribution in [1.29, 1.82) is 0 Å². The van der Waals surface area contributed by atoms with Gasteiger partial charge in [-0.15, -0.1) is 0 Å². The molecule has 580 valence electrons. The number of aromatic nitrogens is 8. The van der Waals surface area contributed by atoms with Crippen molar-refractivity contribution in [2.45, 2.75) is 248 Å². The van der Waals surface area contributed by atoms with E-state index in [9.17, 15) is 0 Å². The van der Waals surface area contributed by atoms with Crippen molar-refractivity contribution in [3.63, 3.8) is 0 Å². The molecule has 0 unspecified atom stereocenters. The van der Waals surface area contributed by atoms with Crippen molar-refractivity contribution < 1.29 is 9.31 Å². The van der Waals surface area contributed by atoms with Crippen molar-refractivity contribution in [2.75, 3.05) is 0 Å². The van der Waals surface area contributed by atoms with Crippen molar-refractivity contribution in [3.05, 3.63) is 217 Å². The lowest BCUT2D eigenvalue weighted by Gasteiger charge is -2.32. The van der Waals surface area contributed by atoms with Gasteiger partial charge in [0.15, 0.2) is 0 Å². The van der Waals surface area contributed by atoms with E-state index in [2.05, 4.69) is 390 Å². The summed E-state index contributed by atoms with van der Waals surface area (Å²) in [6.07, 6.45) is 17.6. The lowest BCUT2D eigenvalue weighted by Crippen LogP contribution is -2.41. The van der Waals surface area contributed by atoms with Gasteiger partial charge in [0.25, 0.3) is 0 Å². The molecule has 6 aromatic heterocycles. The Morgan fingerprint density at radius 2 is 0.478 bits per heavy atom. The molecule has 16 bridgehead atoms. The van der Waals surface area contributed by atoms with E-state index in [1.54, 1.807) is 0 Å². The lowest BCUT2D eigenvalue weighted by molar-refractivity contribution is 0.00578. The minimum atomic E-state index is -0.778. The van der Waals surface area contributed by atoms with Gasteiger partial charge < -0.3 is 29.2 Å². The van der Waals surface area contributed by atoms with Gasteiger partial charge in [0.1, 0.15) is 0 Å². The number of rotatable bonds is 6. The molecule has 0 radical (unpaired) electrons. The van der Waals surface area contributed by atoms with E-state index >= 15 is 0 Å². The Kier molecular flexibility index (Phi) is 18.6. The average molecular weight is 1500 g/mol. The quantitative estimate of drug-likeness (QED) is 0.123. The topological polar surface area (TPSA) is 133 Å². The molecule has 10 aromatic rings. The molecule has 0 atom stereocenters. The molecule has 5 aliphatic rings. The van der Waals surface area contributed by atoms with Crippen LogP contribution >= 0.6 is 0 Å². The highest BCUT2D eigenvalue weighted by molar-refractivity contribution is 6.65. The Hall–Kier alpha value is -9.94. The largest absolute Gasteiger partial charge is 0.499 e. The SMILES string of the molecule is CC(C)(C)c1cc(-c2c3nc(c(-c4c5nc(c(-c6cc(C(C)(C)C)cc(C(C)(C)C)c6)c6ccc([nH]6)c(B6OC(C)(C)C(C)(C)O6)c6nc(c(-c7cc(C(C)(C)C)cc(C(C)(C)C)c7)c7ccc4[nH]7)C=C6)C=C5)c4ccc([nH]4)c(-c4cc(C(C)(C)C)cc(C(C)(C)C)c4)c4nc(cc5ccc2[nH]5)C=C4)C=C3)cc(C(C)(C)C)c1. The smallest absolute Gasteiger partial charge is 0.399 e. The molecule has 1 saturated heterocycles. The Morgan fingerprint density at radius 3 is 0.788 bits per heavy atom. The minimum absolute atomic E-state index is 0.163. The maximum Gasteiger partial charge on any atom is 0.499 e. The van der Waals surface area contributed by atoms with Crippen LogP contribution in [0.5, 0.6) is 0 Å². The van der Waals surface area contributed by atoms with Gasteiger partial charge in [-0.1, -0.05) is 239 Å². The summed E-state index contributed by atoms with van der Waals surface area (Å²) in [6, 6.07) is 48.7. The Labute approximate surface area is 671 Å². The number of H-pyrrole nitrogens is 4. The fourth-order valence-corrected chi connectivity index (χ4v) is 15.9. The van der Waals surface area contributed by atoms with Crippen molar-refractivity contribution >= 4 is 105 Å². The molecule has 5 aliphatic heterocycles. The maximum absolute atomic E-state index is 7.14. The third-order valence-corrected chi connectivity index (χ3v) is 23.9. The molecule has 1 fully saturated rings. The first-order valence-corrected chi connectivity index (χ1v) is 40.7. The normalized spacial score (nSPS) is 15.3. The molecular formula is C102H117BN8O2. The predicted octanol–water partition coefficient (Wildman–Crippen LogP) is 26.6. The van der Waals surface area contributed by atoms with E-state index in [0.29, 0.717) is 0 Å². The summed E-state index contributed by atoms with van der Waals surface area (Å²) in [6.45, 7) is 63.9. The highest BCUT2D eigenvalue weighted by Crippen LogP contribution is 2.47. The van der Waals surface area contributed by atoms with Gasteiger partial charge in [-0.2, -0.15) is 0 Å². The highest BCUT2D eigenvalue weighted by Gasteiger charge is 2.53. The van der Waals surface area contributed by atoms with Crippen LogP contribution in [-0.2, 0) is 52.6 Å². The van der Waals surface area contributed by atoms with Gasteiger partial charge in [-0.05, 0) is 241 Å². The number of nitrogens with one attached hydrogen (secondary N) is 4. The molecule has 10 nitrogen and oxygen atoms in total. The van der Waals surface area contributed by atoms with Crippen LogP contribution in [0, 0.1) is 0 Å². The fraction of sp³-hybridized carbons (Fsp3) is 0.373. The molecule has 4 N–H and O–H groups in total. The van der Waals surface area contributed by atoms with E-state index < -0.39 is 18.3 Å². The zero-order valence-electron chi connectivity index (χ0n) is 72.4. The van der Waals surface area contributed by atoms with Crippen molar-refractivity contribution in [1.82, 2.24) is 39.9 Å². The van der Waals surface area contributed by atoms with Gasteiger partial charge in [-0.25, -0.2) is 19.9 Å². The van der Waals surface area contributed by atoms with Crippen LogP contribution in [-0.4, -0.2) is 58.2 Å². The minimum Gasteiger partial charge on any atom is -0.399 e. The van der Waals surface area contributed by atoms with Crippen LogP contribution in [0.25, 0.3) is 148 Å². The average Bonchev–Trinajstić information content (AvgIpc) is 1.62. The molecule has 0 spiro atoms. The summed E-state index contributed by atoms with van der Waals surface area (Å²) in [4.78, 5) is 40.2. The summed E-state index contributed by atoms with van der Waals surface area (Å²) >= 11 is 0. The molecule has 0 amide bonds. The molecule has 113 heavy (non-hydrogen) atoms. The van der Waals surface area contributed by atoms with Gasteiger partial charge in [0, 0.05) is 83.0 Å². The van der Waals surface area contributed by atoms with Crippen LogP contribution in [0.1, 0.15) is 284 Å². The van der Waals surface area contributed by atoms with Crippen molar-refractivity contribution in [2.24, 2.45) is 0 Å². The monoisotopic (exact) mass is 1500 g/mol. The van der Waals surface area contributed by atoms with E-state index in [4.69, 9.17) is 29.2 Å².